The van der Waals surface area contributed by atoms with Crippen LogP contribution in [0.2, 0.25) is 0 Å². The van der Waals surface area contributed by atoms with E-state index in [4.69, 9.17) is 9.47 Å². The van der Waals surface area contributed by atoms with Crippen molar-refractivity contribution >= 4 is 0 Å². The molecule has 1 spiro atoms. The monoisotopic (exact) mass is 301 g/mol. The molecule has 1 aromatic carbocycles. The van der Waals surface area contributed by atoms with E-state index in [1.54, 1.807) is 20.3 Å². The lowest BCUT2D eigenvalue weighted by Crippen LogP contribution is -2.53. The summed E-state index contributed by atoms with van der Waals surface area (Å²) in [5.41, 5.74) is 2.38. The van der Waals surface area contributed by atoms with Crippen molar-refractivity contribution < 1.29 is 14.6 Å². The van der Waals surface area contributed by atoms with Gasteiger partial charge in [-0.05, 0) is 36.2 Å². The van der Waals surface area contributed by atoms with Crippen LogP contribution in [0.25, 0.3) is 0 Å². The van der Waals surface area contributed by atoms with Gasteiger partial charge in [-0.2, -0.15) is 0 Å². The van der Waals surface area contributed by atoms with Gasteiger partial charge in [-0.1, -0.05) is 18.2 Å². The third kappa shape index (κ3) is 1.81. The van der Waals surface area contributed by atoms with Gasteiger partial charge in [0, 0.05) is 33.1 Å². The van der Waals surface area contributed by atoms with Crippen molar-refractivity contribution in [3.8, 4) is 5.75 Å². The number of hydrogen-bond donors (Lipinski definition) is 1. The van der Waals surface area contributed by atoms with Gasteiger partial charge in [-0.15, -0.1) is 0 Å². The van der Waals surface area contributed by atoms with Crippen LogP contribution in [0.4, 0.5) is 0 Å². The minimum atomic E-state index is -0.0570. The Morgan fingerprint density at radius 2 is 2.09 bits per heavy atom. The van der Waals surface area contributed by atoms with Crippen molar-refractivity contribution in [3.63, 3.8) is 0 Å². The maximum Gasteiger partial charge on any atom is 0.115 e. The van der Waals surface area contributed by atoms with Crippen LogP contribution in [0.3, 0.4) is 0 Å². The van der Waals surface area contributed by atoms with E-state index in [-0.39, 0.29) is 17.7 Å². The highest BCUT2D eigenvalue weighted by molar-refractivity contribution is 5.46. The molecule has 118 valence electrons. The van der Waals surface area contributed by atoms with Crippen LogP contribution < -0.4 is 0 Å². The first kappa shape index (κ1) is 14.2. The molecule has 0 amide bonds. The second-order valence-electron chi connectivity index (χ2n) is 6.62. The summed E-state index contributed by atoms with van der Waals surface area (Å²) < 4.78 is 11.4. The third-order valence-corrected chi connectivity index (χ3v) is 5.78. The smallest absolute Gasteiger partial charge is 0.115 e. The van der Waals surface area contributed by atoms with E-state index in [9.17, 15) is 5.11 Å². The normalized spacial score (nSPS) is 36.7. The molecule has 22 heavy (non-hydrogen) atoms. The van der Waals surface area contributed by atoms with Gasteiger partial charge >= 0.3 is 0 Å². The van der Waals surface area contributed by atoms with Crippen molar-refractivity contribution in [2.24, 2.45) is 5.92 Å². The van der Waals surface area contributed by atoms with Gasteiger partial charge in [0.15, 0.2) is 0 Å². The van der Waals surface area contributed by atoms with Crippen molar-refractivity contribution in [1.82, 2.24) is 4.90 Å². The van der Waals surface area contributed by atoms with Gasteiger partial charge in [0.05, 0.1) is 17.7 Å². The molecule has 4 nitrogen and oxygen atoms in total. The summed E-state index contributed by atoms with van der Waals surface area (Å²) in [6.45, 7) is 1.98. The highest BCUT2D eigenvalue weighted by Crippen LogP contribution is 2.55. The van der Waals surface area contributed by atoms with Crippen LogP contribution >= 0.6 is 0 Å². The number of methoxy groups -OCH3 is 2. The van der Waals surface area contributed by atoms with Crippen molar-refractivity contribution in [2.75, 3.05) is 27.3 Å². The SMILES string of the molecule is COC1C=CC2CCN3CC(OC)c4ccc(O)cc4C23C1. The molecule has 0 bridgehead atoms. The Morgan fingerprint density at radius 1 is 1.23 bits per heavy atom. The summed E-state index contributed by atoms with van der Waals surface area (Å²) in [7, 11) is 3.54. The minimum absolute atomic E-state index is 0.0570. The molecule has 4 heteroatoms. The van der Waals surface area contributed by atoms with E-state index in [2.05, 4.69) is 17.1 Å². The van der Waals surface area contributed by atoms with E-state index < -0.39 is 0 Å². The Bertz CT molecular complexity index is 614. The minimum Gasteiger partial charge on any atom is -0.508 e. The fourth-order valence-corrected chi connectivity index (χ4v) is 4.73. The largest absolute Gasteiger partial charge is 0.508 e. The van der Waals surface area contributed by atoms with Crippen LogP contribution in [0.5, 0.6) is 5.75 Å². The molecule has 2 heterocycles. The van der Waals surface area contributed by atoms with E-state index in [0.717, 1.165) is 25.9 Å². The Morgan fingerprint density at radius 3 is 2.86 bits per heavy atom. The second-order valence-corrected chi connectivity index (χ2v) is 6.62. The molecule has 1 saturated heterocycles. The average Bonchev–Trinajstić information content (AvgIpc) is 2.92. The second kappa shape index (κ2) is 5.08. The maximum atomic E-state index is 10.1. The molecule has 1 aliphatic carbocycles. The number of hydrogen-bond acceptors (Lipinski definition) is 4. The van der Waals surface area contributed by atoms with Gasteiger partial charge in [0.1, 0.15) is 5.75 Å². The van der Waals surface area contributed by atoms with Crippen molar-refractivity contribution in [2.45, 2.75) is 30.6 Å². The first-order valence-electron chi connectivity index (χ1n) is 8.01. The summed E-state index contributed by atoms with van der Waals surface area (Å²) in [6, 6.07) is 5.74. The number of aromatic hydroxyl groups is 1. The lowest BCUT2D eigenvalue weighted by molar-refractivity contribution is -0.0272. The molecule has 1 aromatic rings. The fraction of sp³-hybridized carbons (Fsp3) is 0.556. The molecular weight excluding hydrogens is 278 g/mol. The lowest BCUT2D eigenvalue weighted by atomic mass is 9.68. The molecule has 0 radical (unpaired) electrons. The summed E-state index contributed by atoms with van der Waals surface area (Å²) in [5.74, 6) is 0.816. The van der Waals surface area contributed by atoms with Gasteiger partial charge in [-0.3, -0.25) is 4.90 Å². The quantitative estimate of drug-likeness (QED) is 0.853. The van der Waals surface area contributed by atoms with Crippen LogP contribution in [-0.2, 0) is 15.0 Å². The zero-order valence-corrected chi connectivity index (χ0v) is 13.2. The van der Waals surface area contributed by atoms with E-state index in [1.165, 1.54) is 11.1 Å². The maximum absolute atomic E-state index is 10.1. The summed E-state index contributed by atoms with van der Waals surface area (Å²) in [4.78, 5) is 2.54. The number of fused-ring (bicyclic) bond motifs is 1. The molecule has 1 fully saturated rings. The number of nitrogens with zero attached hydrogens (tertiary/aromatic N) is 1. The number of ether oxygens (including phenoxy) is 2. The Labute approximate surface area is 131 Å². The summed E-state index contributed by atoms with van der Waals surface area (Å²) >= 11 is 0. The zero-order valence-electron chi connectivity index (χ0n) is 13.2. The van der Waals surface area contributed by atoms with Gasteiger partial charge in [0.2, 0.25) is 0 Å². The molecular formula is C18H23NO3. The Kier molecular flexibility index (Phi) is 3.29. The number of rotatable bonds is 2. The summed E-state index contributed by atoms with van der Waals surface area (Å²) in [6.07, 6.45) is 6.82. The van der Waals surface area contributed by atoms with Gasteiger partial charge in [-0.25, -0.2) is 0 Å². The van der Waals surface area contributed by atoms with Crippen LogP contribution in [0, 0.1) is 5.92 Å². The molecule has 4 unspecified atom stereocenters. The fourth-order valence-electron chi connectivity index (χ4n) is 4.73. The predicted molar refractivity (Wildman–Crippen MR) is 83.8 cm³/mol. The van der Waals surface area contributed by atoms with Crippen molar-refractivity contribution in [3.05, 3.63) is 41.5 Å². The number of phenols is 1. The van der Waals surface area contributed by atoms with Crippen LogP contribution in [-0.4, -0.2) is 43.4 Å². The zero-order chi connectivity index (χ0) is 15.3. The van der Waals surface area contributed by atoms with Crippen LogP contribution in [0.1, 0.15) is 30.1 Å². The molecule has 1 N–H and O–H groups in total. The Hall–Kier alpha value is -1.36. The molecule has 2 aliphatic heterocycles. The highest BCUT2D eigenvalue weighted by atomic mass is 16.5. The first-order valence-corrected chi connectivity index (χ1v) is 8.01. The molecule has 4 rings (SSSR count). The summed E-state index contributed by atoms with van der Waals surface area (Å²) in [5, 5.41) is 10.1. The first-order chi connectivity index (χ1) is 10.7. The van der Waals surface area contributed by atoms with Gasteiger partial charge < -0.3 is 14.6 Å². The molecule has 4 atom stereocenters. The highest BCUT2D eigenvalue weighted by Gasteiger charge is 2.55. The Balaban J connectivity index is 1.90. The number of benzene rings is 1. The molecule has 3 aliphatic rings. The average molecular weight is 301 g/mol. The van der Waals surface area contributed by atoms with Gasteiger partial charge in [0.25, 0.3) is 0 Å². The molecule has 0 aromatic heterocycles. The van der Waals surface area contributed by atoms with E-state index in [1.807, 2.05) is 12.1 Å². The van der Waals surface area contributed by atoms with E-state index in [0.29, 0.717) is 11.7 Å². The van der Waals surface area contributed by atoms with Crippen LogP contribution in [0.15, 0.2) is 30.4 Å². The standard InChI is InChI=1S/C18H23NO3/c1-21-14-5-3-12-7-8-19-11-17(22-2)15-6-4-13(20)9-16(15)18(12,19)10-14/h3-6,9,12,14,17,20H,7-8,10-11H2,1-2H3. The topological polar surface area (TPSA) is 41.9 Å². The van der Waals surface area contributed by atoms with E-state index >= 15 is 0 Å². The third-order valence-electron chi connectivity index (χ3n) is 5.78. The lowest BCUT2D eigenvalue weighted by Gasteiger charge is -2.51. The molecule has 0 saturated carbocycles. The van der Waals surface area contributed by atoms with Crippen molar-refractivity contribution in [1.29, 1.82) is 0 Å². The number of phenolic OH excluding ortho intramolecular Hbond substituents is 1. The predicted octanol–water partition coefficient (Wildman–Crippen LogP) is 2.59.